The Kier molecular flexibility index (Phi) is 4.14. The van der Waals surface area contributed by atoms with Crippen molar-refractivity contribution in [3.63, 3.8) is 0 Å². The van der Waals surface area contributed by atoms with Crippen molar-refractivity contribution in [3.05, 3.63) is 57.6 Å². The van der Waals surface area contributed by atoms with Gasteiger partial charge in [0.2, 0.25) is 0 Å². The van der Waals surface area contributed by atoms with E-state index in [0.717, 1.165) is 16.9 Å². The van der Waals surface area contributed by atoms with Crippen molar-refractivity contribution in [2.75, 3.05) is 11.9 Å². The third-order valence-electron chi connectivity index (χ3n) is 2.87. The molecule has 1 heterocycles. The third-order valence-corrected chi connectivity index (χ3v) is 4.07. The van der Waals surface area contributed by atoms with Crippen molar-refractivity contribution in [1.29, 1.82) is 0 Å². The maximum absolute atomic E-state index is 11.6. The first-order valence-corrected chi connectivity index (χ1v) is 6.85. The standard InChI is InChI=1S/C14H14N2O3S/c1-10(17)12-8-13(16(18)19)20-14(12)15(2)9-11-6-4-3-5-7-11/h3-8H,9H2,1-2H3. The Morgan fingerprint density at radius 2 is 2.00 bits per heavy atom. The van der Waals surface area contributed by atoms with Crippen molar-refractivity contribution in [2.24, 2.45) is 0 Å². The van der Waals surface area contributed by atoms with Crippen LogP contribution < -0.4 is 4.90 Å². The van der Waals surface area contributed by atoms with Crippen LogP contribution in [0.25, 0.3) is 0 Å². The second kappa shape index (κ2) is 5.83. The number of hydrogen-bond donors (Lipinski definition) is 0. The van der Waals surface area contributed by atoms with Gasteiger partial charge in [0, 0.05) is 19.7 Å². The van der Waals surface area contributed by atoms with Gasteiger partial charge in [0.05, 0.1) is 10.5 Å². The quantitative estimate of drug-likeness (QED) is 0.480. The third kappa shape index (κ3) is 3.03. The van der Waals surface area contributed by atoms with Crippen LogP contribution in [-0.2, 0) is 6.54 Å². The van der Waals surface area contributed by atoms with Gasteiger partial charge in [0.15, 0.2) is 5.78 Å². The summed E-state index contributed by atoms with van der Waals surface area (Å²) < 4.78 is 0. The van der Waals surface area contributed by atoms with Gasteiger partial charge in [-0.3, -0.25) is 14.9 Å². The Morgan fingerprint density at radius 1 is 1.35 bits per heavy atom. The van der Waals surface area contributed by atoms with Crippen molar-refractivity contribution < 1.29 is 9.72 Å². The van der Waals surface area contributed by atoms with E-state index in [0.29, 0.717) is 17.1 Å². The van der Waals surface area contributed by atoms with Gasteiger partial charge in [-0.2, -0.15) is 0 Å². The average Bonchev–Trinajstić information content (AvgIpc) is 2.85. The van der Waals surface area contributed by atoms with E-state index in [-0.39, 0.29) is 10.8 Å². The highest BCUT2D eigenvalue weighted by Crippen LogP contribution is 2.36. The number of carbonyl (C=O) groups excluding carboxylic acids is 1. The molecule has 2 rings (SSSR count). The fourth-order valence-corrected chi connectivity index (χ4v) is 2.91. The number of hydrogen-bond acceptors (Lipinski definition) is 5. The van der Waals surface area contributed by atoms with Gasteiger partial charge in [0.25, 0.3) is 0 Å². The predicted octanol–water partition coefficient (Wildman–Crippen LogP) is 3.50. The van der Waals surface area contributed by atoms with Crippen molar-refractivity contribution in [1.82, 2.24) is 0 Å². The number of ketones is 1. The number of benzene rings is 1. The minimum absolute atomic E-state index is 0.00916. The number of Topliss-reactive ketones (excluding diaryl/α,β-unsaturated/α-hetero) is 1. The summed E-state index contributed by atoms with van der Waals surface area (Å²) in [5, 5.41) is 11.5. The maximum atomic E-state index is 11.6. The summed E-state index contributed by atoms with van der Waals surface area (Å²) in [4.78, 5) is 23.9. The normalized spacial score (nSPS) is 10.3. The molecule has 0 amide bonds. The van der Waals surface area contributed by atoms with Crippen LogP contribution in [0, 0.1) is 10.1 Å². The molecule has 0 fully saturated rings. The van der Waals surface area contributed by atoms with Gasteiger partial charge in [-0.1, -0.05) is 30.3 Å². The number of rotatable bonds is 5. The Bertz CT molecular complexity index is 637. The number of nitrogens with zero attached hydrogens (tertiary/aromatic N) is 2. The predicted molar refractivity (Wildman–Crippen MR) is 79.5 cm³/mol. The molecule has 0 saturated heterocycles. The van der Waals surface area contributed by atoms with Crippen LogP contribution in [-0.4, -0.2) is 17.8 Å². The molecule has 1 aromatic carbocycles. The van der Waals surface area contributed by atoms with Gasteiger partial charge in [-0.25, -0.2) is 0 Å². The van der Waals surface area contributed by atoms with Crippen LogP contribution in [0.2, 0.25) is 0 Å². The lowest BCUT2D eigenvalue weighted by Crippen LogP contribution is -2.17. The molecule has 0 aliphatic carbocycles. The highest BCUT2D eigenvalue weighted by molar-refractivity contribution is 7.19. The minimum Gasteiger partial charge on any atom is -0.361 e. The van der Waals surface area contributed by atoms with Crippen LogP contribution in [0.4, 0.5) is 10.0 Å². The van der Waals surface area contributed by atoms with Gasteiger partial charge < -0.3 is 4.90 Å². The first-order chi connectivity index (χ1) is 9.49. The summed E-state index contributed by atoms with van der Waals surface area (Å²) in [6, 6.07) is 11.1. The van der Waals surface area contributed by atoms with Crippen molar-refractivity contribution in [3.8, 4) is 0 Å². The number of anilines is 1. The largest absolute Gasteiger partial charge is 0.361 e. The monoisotopic (exact) mass is 290 g/mol. The van der Waals surface area contributed by atoms with Crippen molar-refractivity contribution in [2.45, 2.75) is 13.5 Å². The molecule has 0 radical (unpaired) electrons. The average molecular weight is 290 g/mol. The molecular weight excluding hydrogens is 276 g/mol. The summed E-state index contributed by atoms with van der Waals surface area (Å²) in [6.07, 6.45) is 0. The highest BCUT2D eigenvalue weighted by Gasteiger charge is 2.21. The van der Waals surface area contributed by atoms with E-state index in [4.69, 9.17) is 0 Å². The van der Waals surface area contributed by atoms with Crippen LogP contribution in [0.3, 0.4) is 0 Å². The Labute approximate surface area is 120 Å². The van der Waals surface area contributed by atoms with Crippen LogP contribution in [0.15, 0.2) is 36.4 Å². The summed E-state index contributed by atoms with van der Waals surface area (Å²) in [6.45, 7) is 2.02. The lowest BCUT2D eigenvalue weighted by Gasteiger charge is -2.18. The molecule has 6 heteroatoms. The smallest absolute Gasteiger partial charge is 0.326 e. The zero-order chi connectivity index (χ0) is 14.7. The minimum atomic E-state index is -0.461. The summed E-state index contributed by atoms with van der Waals surface area (Å²) in [5.74, 6) is -0.163. The van der Waals surface area contributed by atoms with E-state index in [1.807, 2.05) is 42.3 Å². The lowest BCUT2D eigenvalue weighted by atomic mass is 10.2. The molecule has 20 heavy (non-hydrogen) atoms. The molecule has 0 N–H and O–H groups in total. The van der Waals surface area contributed by atoms with E-state index in [2.05, 4.69) is 0 Å². The fraction of sp³-hybridized carbons (Fsp3) is 0.214. The van der Waals surface area contributed by atoms with Crippen LogP contribution in [0.5, 0.6) is 0 Å². The van der Waals surface area contributed by atoms with E-state index in [1.54, 1.807) is 0 Å². The first-order valence-electron chi connectivity index (χ1n) is 6.03. The molecule has 0 unspecified atom stereocenters. The Balaban J connectivity index is 2.31. The molecule has 104 valence electrons. The van der Waals surface area contributed by atoms with Crippen LogP contribution in [0.1, 0.15) is 22.8 Å². The molecule has 2 aromatic rings. The van der Waals surface area contributed by atoms with Crippen molar-refractivity contribution >= 4 is 27.1 Å². The zero-order valence-electron chi connectivity index (χ0n) is 11.2. The molecule has 1 aromatic heterocycles. The number of thiophene rings is 1. The number of nitro groups is 1. The van der Waals surface area contributed by atoms with E-state index in [9.17, 15) is 14.9 Å². The van der Waals surface area contributed by atoms with Gasteiger partial charge in [-0.05, 0) is 23.8 Å². The highest BCUT2D eigenvalue weighted by atomic mass is 32.1. The SMILES string of the molecule is CC(=O)c1cc([N+](=O)[O-])sc1N(C)Cc1ccccc1. The Morgan fingerprint density at radius 3 is 2.55 bits per heavy atom. The van der Waals surface area contributed by atoms with Crippen LogP contribution >= 0.6 is 11.3 Å². The molecule has 0 bridgehead atoms. The second-order valence-corrected chi connectivity index (χ2v) is 5.47. The van der Waals surface area contributed by atoms with E-state index in [1.165, 1.54) is 13.0 Å². The molecule has 0 atom stereocenters. The molecule has 0 spiro atoms. The molecule has 0 aliphatic rings. The summed E-state index contributed by atoms with van der Waals surface area (Å²) >= 11 is 1.03. The molecule has 0 saturated carbocycles. The summed E-state index contributed by atoms with van der Waals surface area (Å²) in [5.41, 5.74) is 1.49. The van der Waals surface area contributed by atoms with Gasteiger partial charge >= 0.3 is 5.00 Å². The fourth-order valence-electron chi connectivity index (χ4n) is 1.92. The molecule has 0 aliphatic heterocycles. The zero-order valence-corrected chi connectivity index (χ0v) is 12.0. The molecule has 5 nitrogen and oxygen atoms in total. The number of carbonyl (C=O) groups is 1. The van der Waals surface area contributed by atoms with E-state index < -0.39 is 4.92 Å². The molecular formula is C14H14N2O3S. The maximum Gasteiger partial charge on any atom is 0.326 e. The van der Waals surface area contributed by atoms with Gasteiger partial charge in [0.1, 0.15) is 5.00 Å². The van der Waals surface area contributed by atoms with E-state index >= 15 is 0 Å². The lowest BCUT2D eigenvalue weighted by molar-refractivity contribution is -0.380. The van der Waals surface area contributed by atoms with Gasteiger partial charge in [-0.15, -0.1) is 0 Å². The first kappa shape index (κ1) is 14.2. The second-order valence-electron chi connectivity index (χ2n) is 4.46. The topological polar surface area (TPSA) is 63.4 Å². The summed E-state index contributed by atoms with van der Waals surface area (Å²) in [7, 11) is 1.83. The Hall–Kier alpha value is -2.21.